The van der Waals surface area contributed by atoms with Crippen molar-refractivity contribution in [1.29, 1.82) is 0 Å². The smallest absolute Gasteiger partial charge is 0.387 e. The summed E-state index contributed by atoms with van der Waals surface area (Å²) in [6.45, 7) is 1.11. The lowest BCUT2D eigenvalue weighted by Crippen LogP contribution is -2.39. The van der Waals surface area contributed by atoms with Gasteiger partial charge in [0.1, 0.15) is 24.6 Å². The van der Waals surface area contributed by atoms with Crippen molar-refractivity contribution in [2.75, 3.05) is 37.4 Å². The number of nitrogens with zero attached hydrogens (tertiary/aromatic N) is 4. The maximum Gasteiger partial charge on any atom is 0.472 e. The number of amides is 1. The Morgan fingerprint density at radius 1 is 1.15 bits per heavy atom. The van der Waals surface area contributed by atoms with E-state index in [2.05, 4.69) is 30.9 Å². The number of phosphoric acid groups is 1. The van der Waals surface area contributed by atoms with E-state index in [0.717, 1.165) is 31.4 Å². The number of fused-ring (bicyclic) bond motifs is 2. The molecule has 1 aromatic carbocycles. The van der Waals surface area contributed by atoms with E-state index in [1.54, 1.807) is 17.7 Å². The molecule has 1 unspecified atom stereocenters. The van der Waals surface area contributed by atoms with Gasteiger partial charge in [0.2, 0.25) is 0 Å². The van der Waals surface area contributed by atoms with E-state index in [1.807, 2.05) is 18.2 Å². The molecule has 15 heteroatoms. The molecular weight excluding hydrogens is 529 g/mol. The standard InChI is InChI=1S/C24H32N7O7P/c1-25-16-9-5-4-8-15(16)23(33)27-11-7-3-2-6-10-26-21-18-22(29-13-28-21)31(14-30-18)24-19(32)20-17(37-24)12-36-39(34,35)38-20/h4-5,8-9,13-14,17,19-20,24-25,32H,2-3,6-7,10-12H2,1H3,(H,27,33)(H,34,35)(H,26,28,29)/t17-,19+,20-,24+/m1/s1. The third-order valence-electron chi connectivity index (χ3n) is 6.72. The van der Waals surface area contributed by atoms with Gasteiger partial charge < -0.3 is 30.7 Å². The summed E-state index contributed by atoms with van der Waals surface area (Å²) in [6.07, 6.45) is 2.76. The number of hydrogen-bond donors (Lipinski definition) is 5. The van der Waals surface area contributed by atoms with Gasteiger partial charge in [-0.2, -0.15) is 0 Å². The Labute approximate surface area is 224 Å². The summed E-state index contributed by atoms with van der Waals surface area (Å²) in [7, 11) is -2.43. The van der Waals surface area contributed by atoms with Gasteiger partial charge in [-0.15, -0.1) is 0 Å². The number of aliphatic hydroxyl groups is 1. The Kier molecular flexibility index (Phi) is 8.40. The zero-order chi connectivity index (χ0) is 27.4. The van der Waals surface area contributed by atoms with Crippen LogP contribution in [-0.2, 0) is 18.3 Å². The number of hydrogen-bond acceptors (Lipinski definition) is 11. The van der Waals surface area contributed by atoms with Crippen LogP contribution in [0.5, 0.6) is 0 Å². The quantitative estimate of drug-likeness (QED) is 0.170. The van der Waals surface area contributed by atoms with Gasteiger partial charge in [-0.05, 0) is 25.0 Å². The number of carbonyl (C=O) groups is 1. The van der Waals surface area contributed by atoms with Gasteiger partial charge in [0.05, 0.1) is 18.5 Å². The molecule has 14 nitrogen and oxygen atoms in total. The number of anilines is 2. The van der Waals surface area contributed by atoms with Crippen LogP contribution in [0.4, 0.5) is 11.5 Å². The van der Waals surface area contributed by atoms with E-state index in [0.29, 0.717) is 35.6 Å². The van der Waals surface area contributed by atoms with Gasteiger partial charge in [-0.25, -0.2) is 19.5 Å². The number of phosphoric ester groups is 1. The average molecular weight is 562 g/mol. The van der Waals surface area contributed by atoms with E-state index in [1.165, 1.54) is 12.7 Å². The molecule has 3 aromatic rings. The number of rotatable bonds is 11. The first kappa shape index (κ1) is 27.4. The Bertz CT molecular complexity index is 1360. The summed E-state index contributed by atoms with van der Waals surface area (Å²) in [4.78, 5) is 35.0. The SMILES string of the molecule is CNc1ccccc1C(=O)NCCCCCCNc1ncnc2c1ncn2[C@H]1O[C@@H]2COP(=O)(O)O[C@H]2[C@@H]1O. The highest BCUT2D eigenvalue weighted by Crippen LogP contribution is 2.52. The second-order valence-electron chi connectivity index (χ2n) is 9.33. The minimum absolute atomic E-state index is 0.0858. The maximum absolute atomic E-state index is 12.4. The first-order valence-corrected chi connectivity index (χ1v) is 14.3. The summed E-state index contributed by atoms with van der Waals surface area (Å²) < 4.78 is 29.0. The molecule has 210 valence electrons. The first-order valence-electron chi connectivity index (χ1n) is 12.8. The topological polar surface area (TPSA) is 182 Å². The second kappa shape index (κ2) is 11.9. The first-order chi connectivity index (χ1) is 18.9. The van der Waals surface area contributed by atoms with Crippen LogP contribution in [-0.4, -0.2) is 80.5 Å². The minimum Gasteiger partial charge on any atom is -0.387 e. The molecule has 0 aliphatic carbocycles. The summed E-state index contributed by atoms with van der Waals surface area (Å²) in [5, 5.41) is 20.0. The fourth-order valence-corrected chi connectivity index (χ4v) is 5.70. The molecule has 2 aliphatic heterocycles. The molecule has 0 spiro atoms. The summed E-state index contributed by atoms with van der Waals surface area (Å²) in [5.41, 5.74) is 2.39. The number of carbonyl (C=O) groups excluding carboxylic acids is 1. The number of aromatic nitrogens is 4. The largest absolute Gasteiger partial charge is 0.472 e. The highest BCUT2D eigenvalue weighted by atomic mass is 31.2. The van der Waals surface area contributed by atoms with Gasteiger partial charge in [0.25, 0.3) is 5.91 Å². The molecule has 2 saturated heterocycles. The molecule has 39 heavy (non-hydrogen) atoms. The zero-order valence-corrected chi connectivity index (χ0v) is 22.3. The summed E-state index contributed by atoms with van der Waals surface area (Å²) in [6, 6.07) is 7.40. The van der Waals surface area contributed by atoms with E-state index < -0.39 is 32.4 Å². The Morgan fingerprint density at radius 2 is 1.95 bits per heavy atom. The maximum atomic E-state index is 12.4. The van der Waals surface area contributed by atoms with E-state index >= 15 is 0 Å². The molecule has 5 atom stereocenters. The Hall–Kier alpha value is -3.13. The van der Waals surface area contributed by atoms with Gasteiger partial charge in [-0.3, -0.25) is 18.4 Å². The van der Waals surface area contributed by atoms with Crippen molar-refractivity contribution in [1.82, 2.24) is 24.8 Å². The Balaban J connectivity index is 1.08. The number of ether oxygens (including phenoxy) is 1. The predicted molar refractivity (Wildman–Crippen MR) is 141 cm³/mol. The molecule has 2 aliphatic rings. The van der Waals surface area contributed by atoms with E-state index in [4.69, 9.17) is 13.8 Å². The lowest BCUT2D eigenvalue weighted by Gasteiger charge is -2.27. The number of nitrogens with one attached hydrogen (secondary N) is 3. The van der Waals surface area contributed by atoms with Crippen LogP contribution in [0.2, 0.25) is 0 Å². The zero-order valence-electron chi connectivity index (χ0n) is 21.4. The molecule has 5 N–H and O–H groups in total. The second-order valence-corrected chi connectivity index (χ2v) is 10.7. The summed E-state index contributed by atoms with van der Waals surface area (Å²) in [5.74, 6) is 0.468. The van der Waals surface area contributed by atoms with Gasteiger partial charge >= 0.3 is 7.82 Å². The molecule has 5 rings (SSSR count). The minimum atomic E-state index is -4.22. The third-order valence-corrected chi connectivity index (χ3v) is 7.71. The number of imidazole rings is 1. The van der Waals surface area contributed by atoms with Crippen molar-refractivity contribution >= 4 is 36.4 Å². The molecule has 4 heterocycles. The van der Waals surface area contributed by atoms with Crippen LogP contribution in [0.3, 0.4) is 0 Å². The summed E-state index contributed by atoms with van der Waals surface area (Å²) >= 11 is 0. The van der Waals surface area contributed by atoms with Crippen molar-refractivity contribution in [2.24, 2.45) is 0 Å². The molecule has 1 amide bonds. The van der Waals surface area contributed by atoms with Crippen molar-refractivity contribution in [3.05, 3.63) is 42.5 Å². The van der Waals surface area contributed by atoms with Crippen LogP contribution in [0.15, 0.2) is 36.9 Å². The lowest BCUT2D eigenvalue weighted by atomic mass is 10.1. The van der Waals surface area contributed by atoms with Gasteiger partial charge in [0.15, 0.2) is 23.2 Å². The molecule has 0 bridgehead atoms. The lowest BCUT2D eigenvalue weighted by molar-refractivity contribution is -0.0664. The molecule has 0 radical (unpaired) electrons. The molecule has 2 fully saturated rings. The van der Waals surface area contributed by atoms with Gasteiger partial charge in [-0.1, -0.05) is 25.0 Å². The van der Waals surface area contributed by atoms with Crippen LogP contribution in [0.1, 0.15) is 42.3 Å². The van der Waals surface area contributed by atoms with E-state index in [-0.39, 0.29) is 12.5 Å². The number of unbranched alkanes of at least 4 members (excludes halogenated alkanes) is 3. The van der Waals surface area contributed by atoms with E-state index in [9.17, 15) is 19.4 Å². The molecule has 2 aromatic heterocycles. The van der Waals surface area contributed by atoms with Crippen LogP contribution >= 0.6 is 7.82 Å². The van der Waals surface area contributed by atoms with Crippen molar-refractivity contribution in [3.63, 3.8) is 0 Å². The molecular formula is C24H32N7O7P. The highest BCUT2D eigenvalue weighted by Gasteiger charge is 2.52. The Morgan fingerprint density at radius 3 is 2.77 bits per heavy atom. The van der Waals surface area contributed by atoms with Crippen LogP contribution in [0, 0.1) is 0 Å². The predicted octanol–water partition coefficient (Wildman–Crippen LogP) is 2.04. The fourth-order valence-electron chi connectivity index (χ4n) is 4.74. The normalized spacial score (nSPS) is 26.3. The monoisotopic (exact) mass is 561 g/mol. The van der Waals surface area contributed by atoms with Gasteiger partial charge in [0, 0.05) is 25.8 Å². The van der Waals surface area contributed by atoms with Crippen molar-refractivity contribution in [2.45, 2.75) is 50.2 Å². The third kappa shape index (κ3) is 6.06. The number of aliphatic hydroxyl groups excluding tert-OH is 1. The number of benzene rings is 1. The van der Waals surface area contributed by atoms with Crippen molar-refractivity contribution < 1.29 is 33.1 Å². The number of para-hydroxylation sites is 1. The average Bonchev–Trinajstić information content (AvgIpc) is 3.50. The van der Waals surface area contributed by atoms with Crippen molar-refractivity contribution in [3.8, 4) is 0 Å². The van der Waals surface area contributed by atoms with Crippen LogP contribution in [0.25, 0.3) is 11.2 Å². The molecule has 0 saturated carbocycles. The fraction of sp³-hybridized carbons (Fsp3) is 0.500. The van der Waals surface area contributed by atoms with Crippen LogP contribution < -0.4 is 16.0 Å². The highest BCUT2D eigenvalue weighted by molar-refractivity contribution is 7.47.